The van der Waals surface area contributed by atoms with Crippen LogP contribution in [0.5, 0.6) is 5.75 Å². The van der Waals surface area contributed by atoms with Gasteiger partial charge in [-0.15, -0.1) is 0 Å². The number of methoxy groups -OCH3 is 1. The Kier molecular flexibility index (Phi) is 10.5. The Labute approximate surface area is 253 Å². The first-order chi connectivity index (χ1) is 18.5. The summed E-state index contributed by atoms with van der Waals surface area (Å²) in [5.41, 5.74) is 3.27. The van der Waals surface area contributed by atoms with Gasteiger partial charge in [0.25, 0.3) is 0 Å². The molecule has 1 saturated carbocycles. The molecule has 7 atom stereocenters. The SMILES string of the molecule is CC[C@H]1[N-]C2C(c3ccc(OC)cc3)=CC=C[C@H]2N1[Si](C)(C)C1C2C=CC=CC2C2C=CC=CC21.[CH3-].[Cl][Ti][Cl]. The minimum absolute atomic E-state index is 0. The first-order valence-electron chi connectivity index (χ1n) is 13.6. The molecule has 0 aromatic heterocycles. The number of hydrogen-bond acceptors (Lipinski definition) is 2. The van der Waals surface area contributed by atoms with E-state index >= 15 is 0 Å². The molecule has 0 amide bonds. The minimum atomic E-state index is -1.92. The molecule has 39 heavy (non-hydrogen) atoms. The van der Waals surface area contributed by atoms with Crippen molar-refractivity contribution in [2.75, 3.05) is 7.11 Å². The van der Waals surface area contributed by atoms with E-state index < -0.39 is 25.3 Å². The van der Waals surface area contributed by atoms with Gasteiger partial charge in [-0.05, 0) is 46.9 Å². The molecule has 1 heterocycles. The molecule has 4 aliphatic carbocycles. The summed E-state index contributed by atoms with van der Waals surface area (Å²) in [6.07, 6.45) is 27.5. The van der Waals surface area contributed by atoms with Crippen molar-refractivity contribution < 1.29 is 21.8 Å². The molecule has 0 radical (unpaired) electrons. The third kappa shape index (κ3) is 5.68. The predicted molar refractivity (Wildman–Crippen MR) is 167 cm³/mol. The van der Waals surface area contributed by atoms with Gasteiger partial charge in [0.15, 0.2) is 0 Å². The fourth-order valence-electron chi connectivity index (χ4n) is 7.79. The zero-order chi connectivity index (χ0) is 26.9. The molecule has 1 aromatic carbocycles. The third-order valence-electron chi connectivity index (χ3n) is 9.19. The molecular weight excluding hydrogens is 575 g/mol. The van der Waals surface area contributed by atoms with Crippen molar-refractivity contribution in [3.63, 3.8) is 0 Å². The molecule has 0 N–H and O–H groups in total. The van der Waals surface area contributed by atoms with Crippen molar-refractivity contribution in [3.05, 3.63) is 109 Å². The van der Waals surface area contributed by atoms with Crippen LogP contribution in [0.15, 0.2) is 91.1 Å². The van der Waals surface area contributed by atoms with Gasteiger partial charge in [0.1, 0.15) is 14.0 Å². The van der Waals surface area contributed by atoms with E-state index in [1.807, 2.05) is 0 Å². The molecule has 5 aliphatic rings. The van der Waals surface area contributed by atoms with Gasteiger partial charge >= 0.3 is 35.6 Å². The van der Waals surface area contributed by atoms with Gasteiger partial charge in [-0.2, -0.15) is 0 Å². The normalized spacial score (nSPS) is 33.7. The molecule has 1 aromatic rings. The Morgan fingerprint density at radius 1 is 0.872 bits per heavy atom. The molecule has 5 unspecified atom stereocenters. The van der Waals surface area contributed by atoms with E-state index in [2.05, 4.69) is 116 Å². The molecule has 7 heteroatoms. The van der Waals surface area contributed by atoms with Crippen molar-refractivity contribution in [2.24, 2.45) is 23.7 Å². The van der Waals surface area contributed by atoms with Crippen LogP contribution >= 0.6 is 18.6 Å². The van der Waals surface area contributed by atoms with Gasteiger partial charge in [0.05, 0.1) is 7.11 Å². The molecule has 0 spiro atoms. The Balaban J connectivity index is 0.000000845. The zero-order valence-corrected chi connectivity index (χ0v) is 27.6. The van der Waals surface area contributed by atoms with Crippen LogP contribution in [0.1, 0.15) is 18.9 Å². The number of fused-ring (bicyclic) bond motifs is 4. The number of benzene rings is 1. The quantitative estimate of drug-likeness (QED) is 0.244. The van der Waals surface area contributed by atoms with Crippen LogP contribution in [0.2, 0.25) is 18.6 Å². The van der Waals surface area contributed by atoms with E-state index in [-0.39, 0.29) is 19.6 Å². The second-order valence-electron chi connectivity index (χ2n) is 11.2. The summed E-state index contributed by atoms with van der Waals surface area (Å²) >= 11 is -0.556. The summed E-state index contributed by atoms with van der Waals surface area (Å²) in [4.78, 5) is 0. The summed E-state index contributed by atoms with van der Waals surface area (Å²) in [6.45, 7) is 7.58. The van der Waals surface area contributed by atoms with Crippen molar-refractivity contribution in [1.82, 2.24) is 4.57 Å². The maximum absolute atomic E-state index is 5.50. The zero-order valence-electron chi connectivity index (χ0n) is 23.5. The van der Waals surface area contributed by atoms with Crippen LogP contribution in [0.3, 0.4) is 0 Å². The van der Waals surface area contributed by atoms with Gasteiger partial charge < -0.3 is 22.0 Å². The first kappa shape index (κ1) is 30.8. The molecule has 0 bridgehead atoms. The Morgan fingerprint density at radius 2 is 1.41 bits per heavy atom. The van der Waals surface area contributed by atoms with Crippen LogP contribution in [0.4, 0.5) is 0 Å². The molecule has 6 rings (SSSR count). The van der Waals surface area contributed by atoms with Gasteiger partial charge in [0, 0.05) is 6.04 Å². The molecule has 2 fully saturated rings. The number of allylic oxidation sites excluding steroid dienone is 10. The van der Waals surface area contributed by atoms with Crippen LogP contribution in [0.25, 0.3) is 10.9 Å². The predicted octanol–water partition coefficient (Wildman–Crippen LogP) is 8.94. The van der Waals surface area contributed by atoms with Crippen LogP contribution in [-0.4, -0.2) is 38.2 Å². The van der Waals surface area contributed by atoms with Crippen molar-refractivity contribution in [1.29, 1.82) is 0 Å². The molecule has 3 nitrogen and oxygen atoms in total. The summed E-state index contributed by atoms with van der Waals surface area (Å²) < 4.78 is 8.31. The van der Waals surface area contributed by atoms with Gasteiger partial charge in [-0.1, -0.05) is 123 Å². The average molecular weight is 616 g/mol. The van der Waals surface area contributed by atoms with E-state index in [9.17, 15) is 0 Å². The molecule has 208 valence electrons. The van der Waals surface area contributed by atoms with E-state index in [1.165, 1.54) is 11.1 Å². The van der Waals surface area contributed by atoms with Crippen molar-refractivity contribution in [3.8, 4) is 5.75 Å². The molecule has 1 aliphatic heterocycles. The number of rotatable bonds is 5. The molecule has 1 saturated heterocycles. The summed E-state index contributed by atoms with van der Waals surface area (Å²) in [5, 5.41) is 5.50. The Morgan fingerprint density at radius 3 is 1.92 bits per heavy atom. The number of ether oxygens (including phenoxy) is 1. The monoisotopic (exact) mass is 614 g/mol. The van der Waals surface area contributed by atoms with E-state index in [0.29, 0.717) is 35.3 Å². The summed E-state index contributed by atoms with van der Waals surface area (Å²) in [5.74, 6) is 3.37. The fraction of sp³-hybridized carbons (Fsp3) is 0.406. The Bertz CT molecular complexity index is 1140. The Hall–Kier alpha value is -1.11. The first-order valence-corrected chi connectivity index (χ1v) is 21.0. The van der Waals surface area contributed by atoms with Crippen molar-refractivity contribution >= 4 is 32.4 Å². The maximum atomic E-state index is 5.50. The topological polar surface area (TPSA) is 26.6 Å². The standard InChI is InChI=1S/C31H37N2OSi.CH3.2ClH.Ti/c1-5-29-32-30-23(21-17-19-22(34-2)20-18-21)15-10-16-28(30)33(29)35(3,4)31-26-13-8-6-11-24(26)25-12-7-9-14-27(25)31;;;;/h6-20,24-31H,5H2,1-4H3;1H3;2*1H;/q2*-1;;;+2/p-2/t24?,25?,26?,27?,28-,29+,30?,31?;;;;/m1..../s1. The van der Waals surface area contributed by atoms with Crippen LogP contribution < -0.4 is 4.74 Å². The number of halogens is 2. The van der Waals surface area contributed by atoms with Crippen LogP contribution in [0, 0.1) is 31.1 Å². The van der Waals surface area contributed by atoms with E-state index in [0.717, 1.165) is 12.2 Å². The van der Waals surface area contributed by atoms with Crippen molar-refractivity contribution in [2.45, 2.75) is 50.2 Å². The summed E-state index contributed by atoms with van der Waals surface area (Å²) in [6, 6.07) is 9.04. The van der Waals surface area contributed by atoms with Gasteiger partial charge in [-0.25, -0.2) is 0 Å². The summed E-state index contributed by atoms with van der Waals surface area (Å²) in [7, 11) is 9.58. The van der Waals surface area contributed by atoms with Gasteiger partial charge in [0.2, 0.25) is 0 Å². The van der Waals surface area contributed by atoms with Crippen LogP contribution in [-0.2, 0) is 17.0 Å². The number of nitrogens with zero attached hydrogens (tertiary/aromatic N) is 2. The molecular formula is C32H40Cl2N2OSiTi-2. The van der Waals surface area contributed by atoms with E-state index in [1.54, 1.807) is 7.11 Å². The fourth-order valence-corrected chi connectivity index (χ4v) is 12.7. The second kappa shape index (κ2) is 13.2. The van der Waals surface area contributed by atoms with E-state index in [4.69, 9.17) is 28.7 Å². The van der Waals surface area contributed by atoms with Gasteiger partial charge in [-0.3, -0.25) is 0 Å². The third-order valence-corrected chi connectivity index (χ3v) is 13.5. The second-order valence-corrected chi connectivity index (χ2v) is 18.3. The average Bonchev–Trinajstić information content (AvgIpc) is 3.50. The number of hydrogen-bond donors (Lipinski definition) is 0.